The van der Waals surface area contributed by atoms with Crippen LogP contribution in [0.3, 0.4) is 0 Å². The van der Waals surface area contributed by atoms with E-state index < -0.39 is 6.10 Å². The summed E-state index contributed by atoms with van der Waals surface area (Å²) in [6, 6.07) is 13.9. The van der Waals surface area contributed by atoms with Crippen LogP contribution in [0.5, 0.6) is 11.5 Å². The van der Waals surface area contributed by atoms with Crippen LogP contribution in [0.2, 0.25) is 0 Å². The fourth-order valence-electron chi connectivity index (χ4n) is 2.16. The van der Waals surface area contributed by atoms with Gasteiger partial charge in [0.05, 0.1) is 12.8 Å². The highest BCUT2D eigenvalue weighted by Crippen LogP contribution is 2.23. The number of benzene rings is 2. The van der Waals surface area contributed by atoms with Gasteiger partial charge in [0.1, 0.15) is 11.5 Å². The Balaban J connectivity index is 2.00. The minimum atomic E-state index is -0.692. The molecule has 0 fully saturated rings. The van der Waals surface area contributed by atoms with Crippen molar-refractivity contribution in [1.82, 2.24) is 0 Å². The minimum Gasteiger partial charge on any atom is -0.495 e. The predicted octanol–water partition coefficient (Wildman–Crippen LogP) is 3.69. The highest BCUT2D eigenvalue weighted by atomic mass is 16.5. The van der Waals surface area contributed by atoms with Gasteiger partial charge in [-0.2, -0.15) is 0 Å². The molecule has 5 heteroatoms. The highest BCUT2D eigenvalue weighted by Gasteiger charge is 2.16. The second-order valence-corrected chi connectivity index (χ2v) is 5.25. The number of nitrogens with one attached hydrogen (secondary N) is 1. The topological polar surface area (TPSA) is 64.6 Å². The molecule has 2 aromatic carbocycles. The summed E-state index contributed by atoms with van der Waals surface area (Å²) in [5.41, 5.74) is 1.22. The van der Waals surface area contributed by atoms with Crippen molar-refractivity contribution >= 4 is 17.4 Å². The zero-order valence-corrected chi connectivity index (χ0v) is 14.0. The molecule has 0 saturated heterocycles. The van der Waals surface area contributed by atoms with Crippen LogP contribution in [0.4, 0.5) is 5.69 Å². The lowest BCUT2D eigenvalue weighted by Crippen LogP contribution is -2.30. The van der Waals surface area contributed by atoms with Crippen LogP contribution in [0.15, 0.2) is 48.5 Å². The lowest BCUT2D eigenvalue weighted by atomic mass is 10.1. The van der Waals surface area contributed by atoms with Crippen molar-refractivity contribution in [3.05, 3.63) is 54.1 Å². The van der Waals surface area contributed by atoms with Gasteiger partial charge in [-0.15, -0.1) is 0 Å². The van der Waals surface area contributed by atoms with Crippen LogP contribution in [0.25, 0.3) is 0 Å². The number of rotatable bonds is 7. The van der Waals surface area contributed by atoms with Crippen molar-refractivity contribution in [3.8, 4) is 11.5 Å². The number of anilines is 1. The van der Waals surface area contributed by atoms with E-state index in [2.05, 4.69) is 5.32 Å². The maximum Gasteiger partial charge on any atom is 0.265 e. The molecule has 24 heavy (non-hydrogen) atoms. The summed E-state index contributed by atoms with van der Waals surface area (Å²) in [7, 11) is 1.55. The van der Waals surface area contributed by atoms with E-state index in [1.807, 2.05) is 19.1 Å². The smallest absolute Gasteiger partial charge is 0.265 e. The van der Waals surface area contributed by atoms with E-state index in [1.54, 1.807) is 50.4 Å². The molecule has 2 aromatic rings. The van der Waals surface area contributed by atoms with Gasteiger partial charge in [0.15, 0.2) is 11.9 Å². The van der Waals surface area contributed by atoms with Crippen LogP contribution in [-0.2, 0) is 4.79 Å². The first-order valence-corrected chi connectivity index (χ1v) is 7.79. The Labute approximate surface area is 141 Å². The van der Waals surface area contributed by atoms with Gasteiger partial charge in [0.2, 0.25) is 0 Å². The van der Waals surface area contributed by atoms with E-state index >= 15 is 0 Å². The summed E-state index contributed by atoms with van der Waals surface area (Å²) >= 11 is 0. The Morgan fingerprint density at radius 3 is 2.38 bits per heavy atom. The van der Waals surface area contributed by atoms with E-state index in [0.29, 0.717) is 29.2 Å². The monoisotopic (exact) mass is 327 g/mol. The molecule has 0 aliphatic rings. The van der Waals surface area contributed by atoms with E-state index in [9.17, 15) is 9.59 Å². The Morgan fingerprint density at radius 1 is 1.08 bits per heavy atom. The van der Waals surface area contributed by atoms with Gasteiger partial charge in [-0.1, -0.05) is 19.1 Å². The number of hydrogen-bond donors (Lipinski definition) is 1. The second-order valence-electron chi connectivity index (χ2n) is 5.25. The number of carbonyl (C=O) groups excluding carboxylic acids is 2. The molecule has 0 radical (unpaired) electrons. The van der Waals surface area contributed by atoms with Crippen molar-refractivity contribution < 1.29 is 19.1 Å². The molecular formula is C19H21NO4. The van der Waals surface area contributed by atoms with Crippen LogP contribution in [0, 0.1) is 0 Å². The van der Waals surface area contributed by atoms with Gasteiger partial charge in [0.25, 0.3) is 5.91 Å². The number of methoxy groups -OCH3 is 1. The highest BCUT2D eigenvalue weighted by molar-refractivity contribution is 5.96. The summed E-state index contributed by atoms with van der Waals surface area (Å²) in [4.78, 5) is 23.9. The molecule has 126 valence electrons. The van der Waals surface area contributed by atoms with Gasteiger partial charge >= 0.3 is 0 Å². The summed E-state index contributed by atoms with van der Waals surface area (Å²) in [5.74, 6) is 0.905. The van der Waals surface area contributed by atoms with E-state index in [0.717, 1.165) is 0 Å². The Morgan fingerprint density at radius 2 is 1.75 bits per heavy atom. The first-order valence-electron chi connectivity index (χ1n) is 7.79. The lowest BCUT2D eigenvalue weighted by Gasteiger charge is -2.16. The van der Waals surface area contributed by atoms with Gasteiger partial charge in [-0.3, -0.25) is 9.59 Å². The van der Waals surface area contributed by atoms with Gasteiger partial charge in [-0.25, -0.2) is 0 Å². The van der Waals surface area contributed by atoms with E-state index in [-0.39, 0.29) is 11.7 Å². The lowest BCUT2D eigenvalue weighted by molar-refractivity contribution is -0.122. The van der Waals surface area contributed by atoms with Crippen molar-refractivity contribution in [1.29, 1.82) is 0 Å². The molecule has 1 atom stereocenters. The third-order valence-electron chi connectivity index (χ3n) is 3.54. The van der Waals surface area contributed by atoms with Gasteiger partial charge in [-0.05, 0) is 43.3 Å². The predicted molar refractivity (Wildman–Crippen MR) is 92.8 cm³/mol. The third kappa shape index (κ3) is 4.35. The molecule has 2 rings (SSSR count). The maximum atomic E-state index is 12.3. The number of ketones is 1. The quantitative estimate of drug-likeness (QED) is 0.788. The first kappa shape index (κ1) is 17.5. The van der Waals surface area contributed by atoms with Crippen LogP contribution in [-0.4, -0.2) is 24.9 Å². The number of hydrogen-bond acceptors (Lipinski definition) is 4. The van der Waals surface area contributed by atoms with Crippen molar-refractivity contribution in [2.45, 2.75) is 26.4 Å². The Hall–Kier alpha value is -2.82. The molecule has 0 aromatic heterocycles. The van der Waals surface area contributed by atoms with Crippen LogP contribution in [0.1, 0.15) is 30.6 Å². The molecule has 0 heterocycles. The molecule has 1 amide bonds. The molecule has 0 spiro atoms. The molecule has 5 nitrogen and oxygen atoms in total. The molecule has 0 aliphatic carbocycles. The minimum absolute atomic E-state index is 0.0727. The molecule has 1 N–H and O–H groups in total. The fraction of sp³-hybridized carbons (Fsp3) is 0.263. The number of Topliss-reactive ketones (excluding diaryl/α,β-unsaturated/α-hetero) is 1. The third-order valence-corrected chi connectivity index (χ3v) is 3.54. The molecule has 0 unspecified atom stereocenters. The second kappa shape index (κ2) is 8.15. The average molecular weight is 327 g/mol. The number of ether oxygens (including phenoxy) is 2. The Kier molecular flexibility index (Phi) is 5.95. The SMILES string of the molecule is CCC(=O)c1ccc(O[C@H](C)C(=O)Nc2ccccc2OC)cc1. The van der Waals surface area contributed by atoms with Crippen molar-refractivity contribution in [3.63, 3.8) is 0 Å². The molecular weight excluding hydrogens is 306 g/mol. The zero-order chi connectivity index (χ0) is 17.5. The summed E-state index contributed by atoms with van der Waals surface area (Å²) < 4.78 is 10.8. The van der Waals surface area contributed by atoms with Crippen molar-refractivity contribution in [2.75, 3.05) is 12.4 Å². The molecule has 0 bridgehead atoms. The summed E-state index contributed by atoms with van der Waals surface area (Å²) in [6.07, 6.45) is -0.236. The first-order chi connectivity index (χ1) is 11.5. The van der Waals surface area contributed by atoms with Gasteiger partial charge < -0.3 is 14.8 Å². The Bertz CT molecular complexity index is 710. The fourth-order valence-corrected chi connectivity index (χ4v) is 2.16. The summed E-state index contributed by atoms with van der Waals surface area (Å²) in [6.45, 7) is 3.48. The van der Waals surface area contributed by atoms with Crippen LogP contribution < -0.4 is 14.8 Å². The number of para-hydroxylation sites is 2. The van der Waals surface area contributed by atoms with E-state index in [1.165, 1.54) is 0 Å². The average Bonchev–Trinajstić information content (AvgIpc) is 2.62. The van der Waals surface area contributed by atoms with Crippen molar-refractivity contribution in [2.24, 2.45) is 0 Å². The molecule has 0 aliphatic heterocycles. The molecule has 0 saturated carbocycles. The zero-order valence-electron chi connectivity index (χ0n) is 14.0. The largest absolute Gasteiger partial charge is 0.495 e. The maximum absolute atomic E-state index is 12.3. The number of carbonyl (C=O) groups is 2. The normalized spacial score (nSPS) is 11.5. The van der Waals surface area contributed by atoms with Crippen LogP contribution >= 0.6 is 0 Å². The van der Waals surface area contributed by atoms with Gasteiger partial charge in [0, 0.05) is 12.0 Å². The standard InChI is InChI=1S/C19H21NO4/c1-4-17(21)14-9-11-15(12-10-14)24-13(2)19(22)20-16-7-5-6-8-18(16)23-3/h5-13H,4H2,1-3H3,(H,20,22)/t13-/m1/s1. The summed E-state index contributed by atoms with van der Waals surface area (Å²) in [5, 5.41) is 2.78. The number of amides is 1. The van der Waals surface area contributed by atoms with E-state index in [4.69, 9.17) is 9.47 Å².